The van der Waals surface area contributed by atoms with Gasteiger partial charge in [0, 0.05) is 27.8 Å². The summed E-state index contributed by atoms with van der Waals surface area (Å²) in [5.41, 5.74) is -9.23. The van der Waals surface area contributed by atoms with E-state index in [1.54, 1.807) is 0 Å². The quantitative estimate of drug-likeness (QED) is 0.0703. The van der Waals surface area contributed by atoms with Gasteiger partial charge in [-0.05, 0) is 18.2 Å². The molecule has 14 N–H and O–H groups in total. The van der Waals surface area contributed by atoms with E-state index in [4.69, 9.17) is 18.9 Å². The molecule has 4 aromatic rings. The minimum Gasteiger partial charge on any atom is -0.504 e. The number of aliphatic hydroxyl groups excluding tert-OH is 2. The van der Waals surface area contributed by atoms with E-state index in [2.05, 4.69) is 0 Å². The van der Waals surface area contributed by atoms with Crippen molar-refractivity contribution in [1.29, 1.82) is 0 Å². The first-order valence-corrected chi connectivity index (χ1v) is 15.6. The third-order valence-electron chi connectivity index (χ3n) is 9.33. The number of esters is 4. The molecule has 0 aliphatic carbocycles. The van der Waals surface area contributed by atoms with Gasteiger partial charge < -0.3 is 90.4 Å². The summed E-state index contributed by atoms with van der Waals surface area (Å²) in [6, 6.07) is 1.33. The van der Waals surface area contributed by atoms with Gasteiger partial charge >= 0.3 is 23.9 Å². The number of phenols is 12. The summed E-state index contributed by atoms with van der Waals surface area (Å²) in [6.45, 7) is -1.31. The zero-order chi connectivity index (χ0) is 41.0. The van der Waals surface area contributed by atoms with Crippen LogP contribution in [0.5, 0.6) is 69.0 Å². The number of carbonyl (C=O) groups excluding carboxylic acids is 4. The highest BCUT2D eigenvalue weighted by molar-refractivity contribution is 6.11. The highest BCUT2D eigenvalue weighted by atomic mass is 16.6. The first kappa shape index (κ1) is 36.6. The third-order valence-corrected chi connectivity index (χ3v) is 9.33. The van der Waals surface area contributed by atoms with Gasteiger partial charge in [-0.2, -0.15) is 0 Å². The summed E-state index contributed by atoms with van der Waals surface area (Å²) >= 11 is 0. The SMILES string of the molecule is O=C1OC[C@H](O)[C@H]([C@H]2OC(=O)c3cc(O)c(O)c(O)c3-c3c(O)c(O)c(O)c4c3C(=O)O[C@@H]2[C@@H]4O)OC(=O)c2cc(O)c(O)c(O)c2-c2c1cc(O)c(O)c2O. The van der Waals surface area contributed by atoms with Gasteiger partial charge in [0.15, 0.2) is 64.3 Å². The van der Waals surface area contributed by atoms with Gasteiger partial charge in [-0.25, -0.2) is 19.2 Å². The molecule has 22 nitrogen and oxygen atoms in total. The van der Waals surface area contributed by atoms with Gasteiger partial charge in [0.1, 0.15) is 18.8 Å². The predicted molar refractivity (Wildman–Crippen MR) is 173 cm³/mol. The number of hydrogen-bond donors (Lipinski definition) is 14. The number of benzene rings is 4. The first-order chi connectivity index (χ1) is 26.3. The Morgan fingerprint density at radius 1 is 0.411 bits per heavy atom. The molecule has 0 aromatic heterocycles. The number of ether oxygens (including phenoxy) is 4. The van der Waals surface area contributed by atoms with Crippen molar-refractivity contribution in [3.05, 3.63) is 46.0 Å². The van der Waals surface area contributed by atoms with E-state index < -0.39 is 180 Å². The van der Waals surface area contributed by atoms with Crippen molar-refractivity contribution in [2.24, 2.45) is 0 Å². The Morgan fingerprint density at radius 2 is 0.804 bits per heavy atom. The fraction of sp³-hybridized carbons (Fsp3) is 0.176. The van der Waals surface area contributed by atoms with Crippen molar-refractivity contribution >= 4 is 23.9 Å². The zero-order valence-corrected chi connectivity index (χ0v) is 27.4. The Kier molecular flexibility index (Phi) is 8.13. The number of phenolic OH excluding ortho intramolecular Hbond substituents is 12. The molecule has 0 amide bonds. The van der Waals surface area contributed by atoms with Crippen LogP contribution in [0.1, 0.15) is 53.1 Å². The van der Waals surface area contributed by atoms with E-state index in [0.29, 0.717) is 18.2 Å². The van der Waals surface area contributed by atoms with Crippen molar-refractivity contribution in [1.82, 2.24) is 0 Å². The molecule has 4 aliphatic heterocycles. The van der Waals surface area contributed by atoms with E-state index in [-0.39, 0.29) is 0 Å². The van der Waals surface area contributed by atoms with Crippen LogP contribution in [0.15, 0.2) is 18.2 Å². The van der Waals surface area contributed by atoms with Crippen LogP contribution < -0.4 is 0 Å². The second-order valence-electron chi connectivity index (χ2n) is 12.5. The average Bonchev–Trinajstić information content (AvgIpc) is 3.16. The molecule has 5 atom stereocenters. The molecule has 4 aromatic carbocycles. The molecule has 56 heavy (non-hydrogen) atoms. The average molecular weight is 785 g/mol. The molecule has 0 saturated carbocycles. The van der Waals surface area contributed by atoms with Crippen molar-refractivity contribution < 1.29 is 110 Å². The predicted octanol–water partition coefficient (Wildman–Crippen LogP) is 0.356. The van der Waals surface area contributed by atoms with E-state index in [9.17, 15) is 90.7 Å². The number of rotatable bonds is 1. The lowest BCUT2D eigenvalue weighted by Crippen LogP contribution is -2.55. The zero-order valence-electron chi connectivity index (χ0n) is 27.4. The molecule has 4 heterocycles. The summed E-state index contributed by atoms with van der Waals surface area (Å²) in [4.78, 5) is 55.1. The van der Waals surface area contributed by atoms with E-state index in [1.807, 2.05) is 0 Å². The fourth-order valence-electron chi connectivity index (χ4n) is 6.70. The lowest BCUT2D eigenvalue weighted by Gasteiger charge is -2.40. The van der Waals surface area contributed by atoms with Crippen molar-refractivity contribution in [2.45, 2.75) is 30.5 Å². The van der Waals surface area contributed by atoms with Gasteiger partial charge in [0.05, 0.1) is 22.3 Å². The van der Waals surface area contributed by atoms with Crippen LogP contribution in [-0.4, -0.2) is 126 Å². The summed E-state index contributed by atoms with van der Waals surface area (Å²) in [6.07, 6.45) is -12.4. The molecular weight excluding hydrogens is 760 g/mol. The van der Waals surface area contributed by atoms with E-state index in [0.717, 1.165) is 0 Å². The van der Waals surface area contributed by atoms with Crippen LogP contribution in [0.3, 0.4) is 0 Å². The minimum absolute atomic E-state index is 0.403. The topological polar surface area (TPSA) is 388 Å². The molecule has 0 radical (unpaired) electrons. The first-order valence-electron chi connectivity index (χ1n) is 15.6. The van der Waals surface area contributed by atoms with Crippen molar-refractivity contribution in [3.63, 3.8) is 0 Å². The lowest BCUT2D eigenvalue weighted by atomic mass is 9.82. The van der Waals surface area contributed by atoms with E-state index in [1.165, 1.54) is 0 Å². The number of hydrogen-bond acceptors (Lipinski definition) is 22. The highest BCUT2D eigenvalue weighted by Crippen LogP contribution is 2.58. The maximum Gasteiger partial charge on any atom is 0.339 e. The smallest absolute Gasteiger partial charge is 0.339 e. The summed E-state index contributed by atoms with van der Waals surface area (Å²) in [5, 5.41) is 150. The maximum atomic E-state index is 14.1. The third kappa shape index (κ3) is 5.03. The van der Waals surface area contributed by atoms with E-state index >= 15 is 0 Å². The van der Waals surface area contributed by atoms with Crippen LogP contribution >= 0.6 is 0 Å². The standard InChI is InChI=1S/C34H24O22/c35-8-1-5-12(21(42)18(8)39)13-6(2-9(36)19(40)22(13)43)32(50)54-28(11(38)4-53-31(5)49)30-29-26(47)17-16(34(52)55-29)15(24(45)27(48)25(17)46)14-7(33(51)56-30)3-10(37)20(41)23(14)44/h1-3,11,26,28-30,35-48H,4H2/t11-,26+,28+,29+,30+/m0/s1. The molecule has 8 rings (SSSR count). The number of cyclic esters (lactones) is 2. The number of fused-ring (bicyclic) bond motifs is 6. The molecule has 0 saturated heterocycles. The number of aromatic hydroxyl groups is 12. The summed E-state index contributed by atoms with van der Waals surface area (Å²) < 4.78 is 21.3. The minimum atomic E-state index is -2.55. The van der Waals surface area contributed by atoms with Crippen LogP contribution in [-0.2, 0) is 18.9 Å². The molecule has 0 unspecified atom stereocenters. The van der Waals surface area contributed by atoms with Crippen LogP contribution in [0.4, 0.5) is 0 Å². The Balaban J connectivity index is 1.48. The highest BCUT2D eigenvalue weighted by Gasteiger charge is 2.53. The Morgan fingerprint density at radius 3 is 1.29 bits per heavy atom. The largest absolute Gasteiger partial charge is 0.504 e. The van der Waals surface area contributed by atoms with Crippen molar-refractivity contribution in [2.75, 3.05) is 6.61 Å². The van der Waals surface area contributed by atoms with Gasteiger partial charge in [0.25, 0.3) is 0 Å². The van der Waals surface area contributed by atoms with Gasteiger partial charge in [0.2, 0.25) is 23.0 Å². The molecule has 22 heteroatoms. The Bertz CT molecular complexity index is 2470. The monoisotopic (exact) mass is 784 g/mol. The Hall–Kier alpha value is -7.72. The normalized spacial score (nSPS) is 21.6. The second-order valence-corrected chi connectivity index (χ2v) is 12.5. The maximum absolute atomic E-state index is 14.1. The van der Waals surface area contributed by atoms with Gasteiger partial charge in [-0.15, -0.1) is 0 Å². The molecule has 0 fully saturated rings. The van der Waals surface area contributed by atoms with Crippen LogP contribution in [0.25, 0.3) is 22.3 Å². The summed E-state index contributed by atoms with van der Waals surface area (Å²) in [5.74, 6) is -22.9. The van der Waals surface area contributed by atoms with Crippen LogP contribution in [0.2, 0.25) is 0 Å². The molecule has 4 bridgehead atoms. The molecule has 4 aliphatic rings. The molecule has 0 spiro atoms. The number of carbonyl (C=O) groups is 4. The fourth-order valence-corrected chi connectivity index (χ4v) is 6.70. The number of aliphatic hydroxyl groups is 2. The van der Waals surface area contributed by atoms with Crippen molar-refractivity contribution in [3.8, 4) is 91.2 Å². The van der Waals surface area contributed by atoms with Crippen LogP contribution in [0, 0.1) is 0 Å². The Labute approximate surface area is 307 Å². The molecule has 292 valence electrons. The van der Waals surface area contributed by atoms with Gasteiger partial charge in [-0.3, -0.25) is 0 Å². The second kappa shape index (κ2) is 12.4. The van der Waals surface area contributed by atoms with Gasteiger partial charge in [-0.1, -0.05) is 0 Å². The molecular formula is C34H24O22. The summed E-state index contributed by atoms with van der Waals surface area (Å²) in [7, 11) is 0. The lowest BCUT2D eigenvalue weighted by molar-refractivity contribution is -0.153.